The fourth-order valence-electron chi connectivity index (χ4n) is 4.67. The lowest BCUT2D eigenvalue weighted by atomic mass is 9.91. The smallest absolute Gasteiger partial charge is 0.248 e. The van der Waals surface area contributed by atoms with Gasteiger partial charge in [0, 0.05) is 29.3 Å². The van der Waals surface area contributed by atoms with Crippen molar-refractivity contribution < 1.29 is 14.3 Å². The van der Waals surface area contributed by atoms with Gasteiger partial charge in [-0.2, -0.15) is 0 Å². The van der Waals surface area contributed by atoms with Gasteiger partial charge >= 0.3 is 0 Å². The zero-order valence-electron chi connectivity index (χ0n) is 17.5. The van der Waals surface area contributed by atoms with Crippen LogP contribution < -0.4 is 20.3 Å². The number of fused-ring (bicyclic) bond motifs is 2. The Morgan fingerprint density at radius 3 is 2.67 bits per heavy atom. The molecule has 0 aliphatic heterocycles. The lowest BCUT2D eigenvalue weighted by Gasteiger charge is -2.26. The summed E-state index contributed by atoms with van der Waals surface area (Å²) in [7, 11) is 3.20. The van der Waals surface area contributed by atoms with Crippen LogP contribution in [-0.2, 0) is 12.8 Å². The van der Waals surface area contributed by atoms with Gasteiger partial charge in [0.15, 0.2) is 17.3 Å². The number of carbonyl (C=O) groups is 1. The van der Waals surface area contributed by atoms with Crippen LogP contribution in [0.3, 0.4) is 0 Å². The molecule has 0 bridgehead atoms. The number of pyridine rings is 1. The van der Waals surface area contributed by atoms with E-state index < -0.39 is 0 Å². The first-order chi connectivity index (χ1) is 14.1. The number of ether oxygens (including phenoxy) is 2. The van der Waals surface area contributed by atoms with Gasteiger partial charge in [0.1, 0.15) is 0 Å². The maximum atomic E-state index is 12.8. The first-order valence-corrected chi connectivity index (χ1v) is 10.3. The van der Waals surface area contributed by atoms with Crippen LogP contribution in [0.5, 0.6) is 11.5 Å². The largest absolute Gasteiger partial charge is 0.493 e. The fourth-order valence-corrected chi connectivity index (χ4v) is 4.67. The van der Waals surface area contributed by atoms with Crippen LogP contribution in [0.2, 0.25) is 0 Å². The van der Waals surface area contributed by atoms with Gasteiger partial charge in [-0.15, -0.1) is 12.4 Å². The Hall–Kier alpha value is -2.31. The summed E-state index contributed by atoms with van der Waals surface area (Å²) < 4.78 is 10.7. The number of methoxy groups -OCH3 is 2. The highest BCUT2D eigenvalue weighted by Gasteiger charge is 2.31. The number of aryl methyl sites for hydroxylation is 1. The monoisotopic (exact) mass is 432 g/mol. The Morgan fingerprint density at radius 1 is 1.13 bits per heavy atom. The van der Waals surface area contributed by atoms with Crippen molar-refractivity contribution in [3.8, 4) is 11.5 Å². The number of hydrogen-bond acceptors (Lipinski definition) is 5. The van der Waals surface area contributed by atoms with Crippen LogP contribution in [0.1, 0.15) is 58.9 Å². The van der Waals surface area contributed by atoms with Gasteiger partial charge in [-0.3, -0.25) is 9.59 Å². The highest BCUT2D eigenvalue weighted by molar-refractivity contribution is 6.02. The minimum atomic E-state index is -0.0306. The highest BCUT2D eigenvalue weighted by Crippen LogP contribution is 2.38. The van der Waals surface area contributed by atoms with E-state index in [0.717, 1.165) is 61.9 Å². The first kappa shape index (κ1) is 22.4. The van der Waals surface area contributed by atoms with Crippen LogP contribution in [-0.4, -0.2) is 31.5 Å². The van der Waals surface area contributed by atoms with E-state index in [-0.39, 0.29) is 35.7 Å². The molecule has 1 heterocycles. The Morgan fingerprint density at radius 2 is 1.90 bits per heavy atom. The molecular formula is C23H29ClN2O4. The molecule has 2 atom stereocenters. The lowest BCUT2D eigenvalue weighted by Crippen LogP contribution is -2.28. The van der Waals surface area contributed by atoms with Crippen molar-refractivity contribution in [2.24, 2.45) is 5.92 Å². The van der Waals surface area contributed by atoms with Crippen molar-refractivity contribution in [1.29, 1.82) is 0 Å². The molecule has 162 valence electrons. The Kier molecular flexibility index (Phi) is 7.21. The van der Waals surface area contributed by atoms with Crippen molar-refractivity contribution in [3.05, 3.63) is 57.0 Å². The summed E-state index contributed by atoms with van der Waals surface area (Å²) in [6, 6.07) is 7.58. The molecule has 0 fully saturated rings. The highest BCUT2D eigenvalue weighted by atomic mass is 35.5. The average molecular weight is 433 g/mol. The summed E-state index contributed by atoms with van der Waals surface area (Å²) in [5.74, 6) is 1.52. The van der Waals surface area contributed by atoms with Crippen molar-refractivity contribution >= 4 is 18.2 Å². The molecule has 0 radical (unpaired) electrons. The molecule has 1 aromatic carbocycles. The fraction of sp³-hybridized carbons (Fsp3) is 0.478. The molecule has 0 saturated heterocycles. The number of ketones is 1. The molecule has 2 aliphatic carbocycles. The summed E-state index contributed by atoms with van der Waals surface area (Å²) >= 11 is 0. The number of halogens is 1. The molecule has 0 spiro atoms. The molecule has 2 aliphatic rings. The van der Waals surface area contributed by atoms with E-state index in [9.17, 15) is 9.59 Å². The Balaban J connectivity index is 0.00000256. The van der Waals surface area contributed by atoms with E-state index >= 15 is 0 Å². The number of carbonyl (C=O) groups excluding carboxylic acids is 1. The Labute approximate surface area is 182 Å². The molecular weight excluding hydrogens is 404 g/mol. The Bertz CT molecular complexity index is 972. The zero-order valence-corrected chi connectivity index (χ0v) is 18.3. The van der Waals surface area contributed by atoms with E-state index in [1.54, 1.807) is 20.3 Å². The van der Waals surface area contributed by atoms with Crippen LogP contribution in [0.25, 0.3) is 0 Å². The van der Waals surface area contributed by atoms with Gasteiger partial charge in [0.2, 0.25) is 5.56 Å². The van der Waals surface area contributed by atoms with E-state index in [1.165, 1.54) is 5.56 Å². The van der Waals surface area contributed by atoms with Gasteiger partial charge in [-0.1, -0.05) is 6.07 Å². The van der Waals surface area contributed by atoms with Crippen molar-refractivity contribution in [2.45, 2.75) is 44.6 Å². The second kappa shape index (κ2) is 9.67. The third kappa shape index (κ3) is 4.40. The zero-order chi connectivity index (χ0) is 20.4. The molecule has 1 unspecified atom stereocenters. The van der Waals surface area contributed by atoms with Crippen LogP contribution in [0.4, 0.5) is 0 Å². The standard InChI is InChI=1S/C23H28N2O4.ClH/c1-28-20-12-15-11-14(23(27)17(15)13-21(20)29-2)5-4-10-24-18-6-3-7-19-16(18)8-9-22(26)25-19;/h8-9,12-14,18,24H,3-7,10-11H2,1-2H3,(H,25,26);1H/t14?,18-;/m0./s1. The van der Waals surface area contributed by atoms with Crippen LogP contribution >= 0.6 is 12.4 Å². The maximum Gasteiger partial charge on any atom is 0.248 e. The molecule has 7 heteroatoms. The van der Waals surface area contributed by atoms with E-state index in [4.69, 9.17) is 9.47 Å². The maximum absolute atomic E-state index is 12.8. The van der Waals surface area contributed by atoms with Gasteiger partial charge in [-0.25, -0.2) is 0 Å². The van der Waals surface area contributed by atoms with Gasteiger partial charge in [0.25, 0.3) is 0 Å². The van der Waals surface area contributed by atoms with Gasteiger partial charge in [-0.05, 0) is 68.3 Å². The van der Waals surface area contributed by atoms with Gasteiger partial charge in [0.05, 0.1) is 14.2 Å². The summed E-state index contributed by atoms with van der Waals surface area (Å²) in [5.41, 5.74) is 4.06. The summed E-state index contributed by atoms with van der Waals surface area (Å²) in [6.45, 7) is 0.857. The number of Topliss-reactive ketones (excluding diaryl/α,β-unsaturated/α-hetero) is 1. The number of H-pyrrole nitrogens is 1. The molecule has 6 nitrogen and oxygen atoms in total. The number of aromatic nitrogens is 1. The molecule has 1 aromatic heterocycles. The SMILES string of the molecule is COc1cc2c(cc1OC)C(=O)C(CCCN[C@H]1CCCc3[nH]c(=O)ccc31)C2.Cl. The predicted octanol–water partition coefficient (Wildman–Crippen LogP) is 3.62. The second-order valence-corrected chi connectivity index (χ2v) is 7.93. The van der Waals surface area contributed by atoms with E-state index in [0.29, 0.717) is 11.5 Å². The molecule has 0 amide bonds. The molecule has 2 N–H and O–H groups in total. The third-order valence-corrected chi connectivity index (χ3v) is 6.16. The normalized spacial score (nSPS) is 19.6. The molecule has 2 aromatic rings. The lowest BCUT2D eigenvalue weighted by molar-refractivity contribution is 0.0929. The van der Waals surface area contributed by atoms with Crippen LogP contribution in [0.15, 0.2) is 29.1 Å². The summed E-state index contributed by atoms with van der Waals surface area (Å²) in [6.07, 6.45) is 5.65. The number of benzene rings is 1. The summed E-state index contributed by atoms with van der Waals surface area (Å²) in [4.78, 5) is 27.3. The second-order valence-electron chi connectivity index (χ2n) is 7.93. The first-order valence-electron chi connectivity index (χ1n) is 10.3. The predicted molar refractivity (Wildman–Crippen MR) is 118 cm³/mol. The van der Waals surface area contributed by atoms with Crippen LogP contribution in [0, 0.1) is 5.92 Å². The summed E-state index contributed by atoms with van der Waals surface area (Å²) in [5, 5.41) is 3.62. The number of hydrogen-bond donors (Lipinski definition) is 2. The van der Waals surface area contributed by atoms with Crippen molar-refractivity contribution in [3.63, 3.8) is 0 Å². The number of aromatic amines is 1. The minimum Gasteiger partial charge on any atom is -0.493 e. The topological polar surface area (TPSA) is 80.4 Å². The van der Waals surface area contributed by atoms with E-state index in [2.05, 4.69) is 10.3 Å². The van der Waals surface area contributed by atoms with Crippen molar-refractivity contribution in [1.82, 2.24) is 10.3 Å². The molecule has 4 rings (SSSR count). The quantitative estimate of drug-likeness (QED) is 0.653. The number of rotatable bonds is 7. The number of nitrogens with one attached hydrogen (secondary N) is 2. The average Bonchev–Trinajstić information content (AvgIpc) is 3.04. The third-order valence-electron chi connectivity index (χ3n) is 6.16. The van der Waals surface area contributed by atoms with Gasteiger partial charge < -0.3 is 19.8 Å². The van der Waals surface area contributed by atoms with Crippen molar-refractivity contribution in [2.75, 3.05) is 20.8 Å². The minimum absolute atomic E-state index is 0. The molecule has 30 heavy (non-hydrogen) atoms. The van der Waals surface area contributed by atoms with E-state index in [1.807, 2.05) is 18.2 Å². The molecule has 0 saturated carbocycles.